The summed E-state index contributed by atoms with van der Waals surface area (Å²) in [6.45, 7) is 3.33. The highest BCUT2D eigenvalue weighted by Gasteiger charge is 2.16. The normalized spacial score (nSPS) is 13.6. The molecule has 1 aliphatic rings. The number of carbonyl (C=O) groups is 1. The van der Waals surface area contributed by atoms with Crippen LogP contribution in [0.5, 0.6) is 0 Å². The predicted molar refractivity (Wildman–Crippen MR) is 151 cm³/mol. The Morgan fingerprint density at radius 3 is 2.50 bits per heavy atom. The lowest BCUT2D eigenvalue weighted by atomic mass is 9.98. The van der Waals surface area contributed by atoms with Crippen molar-refractivity contribution < 1.29 is 4.79 Å². The first-order chi connectivity index (χ1) is 17.6. The largest absolute Gasteiger partial charge is 0.322 e. The fourth-order valence-corrected chi connectivity index (χ4v) is 5.25. The number of amides is 1. The molecule has 182 valence electrons. The maximum absolute atomic E-state index is 13.5. The molecule has 4 nitrogen and oxygen atoms in total. The molecule has 1 saturated heterocycles. The van der Waals surface area contributed by atoms with Crippen LogP contribution in [-0.4, -0.2) is 35.1 Å². The number of likely N-dealkylation sites (tertiary alicyclic amines) is 1. The maximum Gasteiger partial charge on any atom is 0.256 e. The molecule has 0 spiro atoms. The van der Waals surface area contributed by atoms with Crippen molar-refractivity contribution in [3.63, 3.8) is 0 Å². The summed E-state index contributed by atoms with van der Waals surface area (Å²) in [5, 5.41) is 3.65. The number of anilines is 1. The van der Waals surface area contributed by atoms with Gasteiger partial charge in [-0.3, -0.25) is 14.7 Å². The van der Waals surface area contributed by atoms with Gasteiger partial charge >= 0.3 is 0 Å². The van der Waals surface area contributed by atoms with Crippen LogP contribution in [0, 0.1) is 0 Å². The van der Waals surface area contributed by atoms with E-state index in [0.29, 0.717) is 16.3 Å². The molecule has 1 fully saturated rings. The van der Waals surface area contributed by atoms with Gasteiger partial charge in [0.25, 0.3) is 5.91 Å². The van der Waals surface area contributed by atoms with Gasteiger partial charge in [0.05, 0.1) is 10.7 Å². The van der Waals surface area contributed by atoms with E-state index in [1.165, 1.54) is 31.5 Å². The second kappa shape index (κ2) is 11.3. The SMILES string of the molecule is CSc1ccc(C(=O)Nc2ccc(Cl)c(-c3ccccn3)c2)c(-c2ccc(CN3CCCC3)cc2)c1. The predicted octanol–water partition coefficient (Wildman–Crippen LogP) is 7.64. The highest BCUT2D eigenvalue weighted by atomic mass is 35.5. The standard InChI is InChI=1S/C30H28ClN3OS/c1-36-24-12-13-25(26(19-24)22-9-7-21(8-10-22)20-34-16-4-5-17-34)30(35)33-23-11-14-28(31)27(18-23)29-6-2-3-15-32-29/h2-3,6-15,18-19H,4-5,16-17,20H2,1H3,(H,33,35). The zero-order valence-electron chi connectivity index (χ0n) is 20.2. The van der Waals surface area contributed by atoms with Crippen molar-refractivity contribution in [2.24, 2.45) is 0 Å². The maximum atomic E-state index is 13.5. The van der Waals surface area contributed by atoms with E-state index in [-0.39, 0.29) is 5.91 Å². The molecular weight excluding hydrogens is 486 g/mol. The Balaban J connectivity index is 1.41. The van der Waals surface area contributed by atoms with Gasteiger partial charge in [-0.2, -0.15) is 0 Å². The number of aromatic nitrogens is 1. The summed E-state index contributed by atoms with van der Waals surface area (Å²) in [4.78, 5) is 21.5. The third-order valence-corrected chi connectivity index (χ3v) is 7.56. The van der Waals surface area contributed by atoms with E-state index in [2.05, 4.69) is 45.5 Å². The smallest absolute Gasteiger partial charge is 0.256 e. The summed E-state index contributed by atoms with van der Waals surface area (Å²) >= 11 is 8.10. The number of pyridine rings is 1. The van der Waals surface area contributed by atoms with Crippen LogP contribution in [-0.2, 0) is 6.54 Å². The summed E-state index contributed by atoms with van der Waals surface area (Å²) in [5.41, 5.74) is 6.10. The number of benzene rings is 3. The summed E-state index contributed by atoms with van der Waals surface area (Å²) < 4.78 is 0. The van der Waals surface area contributed by atoms with Gasteiger partial charge in [0.15, 0.2) is 0 Å². The van der Waals surface area contributed by atoms with Crippen LogP contribution in [0.4, 0.5) is 5.69 Å². The zero-order chi connectivity index (χ0) is 24.9. The van der Waals surface area contributed by atoms with Gasteiger partial charge in [-0.25, -0.2) is 0 Å². The molecule has 0 radical (unpaired) electrons. The molecule has 0 aliphatic carbocycles. The highest BCUT2D eigenvalue weighted by molar-refractivity contribution is 7.98. The Bertz CT molecular complexity index is 1350. The molecule has 0 bridgehead atoms. The molecule has 1 N–H and O–H groups in total. The van der Waals surface area contributed by atoms with Crippen LogP contribution in [0.1, 0.15) is 28.8 Å². The number of hydrogen-bond acceptors (Lipinski definition) is 4. The molecule has 5 rings (SSSR count). The number of thioether (sulfide) groups is 1. The van der Waals surface area contributed by atoms with Crippen molar-refractivity contribution in [2.75, 3.05) is 24.7 Å². The molecule has 0 unspecified atom stereocenters. The minimum absolute atomic E-state index is 0.159. The van der Waals surface area contributed by atoms with E-state index < -0.39 is 0 Å². The zero-order valence-corrected chi connectivity index (χ0v) is 21.8. The van der Waals surface area contributed by atoms with Crippen molar-refractivity contribution in [1.82, 2.24) is 9.88 Å². The van der Waals surface area contributed by atoms with E-state index >= 15 is 0 Å². The topological polar surface area (TPSA) is 45.2 Å². The average Bonchev–Trinajstić information content (AvgIpc) is 3.43. The molecular formula is C30H28ClN3OS. The molecule has 3 aromatic carbocycles. The van der Waals surface area contributed by atoms with Crippen LogP contribution < -0.4 is 5.32 Å². The van der Waals surface area contributed by atoms with E-state index in [1.807, 2.05) is 48.7 Å². The number of rotatable bonds is 7. The van der Waals surface area contributed by atoms with E-state index in [4.69, 9.17) is 11.6 Å². The molecule has 2 heterocycles. The Morgan fingerprint density at radius 2 is 1.78 bits per heavy atom. The second-order valence-electron chi connectivity index (χ2n) is 8.96. The fourth-order valence-electron chi connectivity index (χ4n) is 4.60. The van der Waals surface area contributed by atoms with Crippen LogP contribution >= 0.6 is 23.4 Å². The summed E-state index contributed by atoms with van der Waals surface area (Å²) in [6, 6.07) is 25.8. The van der Waals surface area contributed by atoms with Gasteiger partial charge in [0.2, 0.25) is 0 Å². The van der Waals surface area contributed by atoms with Crippen molar-refractivity contribution in [2.45, 2.75) is 24.3 Å². The second-order valence-corrected chi connectivity index (χ2v) is 10.2. The molecule has 36 heavy (non-hydrogen) atoms. The number of hydrogen-bond donors (Lipinski definition) is 1. The Labute approximate surface area is 221 Å². The summed E-state index contributed by atoms with van der Waals surface area (Å²) in [5.74, 6) is -0.159. The van der Waals surface area contributed by atoms with Gasteiger partial charge in [-0.15, -0.1) is 11.8 Å². The number of carbonyl (C=O) groups excluding carboxylic acids is 1. The van der Waals surface area contributed by atoms with Crippen LogP contribution in [0.15, 0.2) is 90.0 Å². The van der Waals surface area contributed by atoms with Crippen molar-refractivity contribution >= 4 is 35.0 Å². The lowest BCUT2D eigenvalue weighted by Gasteiger charge is -2.16. The first kappa shape index (κ1) is 24.6. The Kier molecular flexibility index (Phi) is 7.71. The van der Waals surface area contributed by atoms with Crippen molar-refractivity contribution in [3.05, 3.63) is 101 Å². The number of halogens is 1. The quantitative estimate of drug-likeness (QED) is 0.258. The minimum atomic E-state index is -0.159. The van der Waals surface area contributed by atoms with Gasteiger partial charge < -0.3 is 5.32 Å². The molecule has 1 amide bonds. The number of nitrogens with zero attached hydrogens (tertiary/aromatic N) is 2. The molecule has 4 aromatic rings. The van der Waals surface area contributed by atoms with Gasteiger partial charge in [-0.1, -0.05) is 41.9 Å². The van der Waals surface area contributed by atoms with Crippen LogP contribution in [0.2, 0.25) is 5.02 Å². The van der Waals surface area contributed by atoms with Crippen molar-refractivity contribution in [3.8, 4) is 22.4 Å². The van der Waals surface area contributed by atoms with Gasteiger partial charge in [0.1, 0.15) is 0 Å². The molecule has 6 heteroatoms. The molecule has 1 aliphatic heterocycles. The van der Waals surface area contributed by atoms with Crippen LogP contribution in [0.3, 0.4) is 0 Å². The lowest BCUT2D eigenvalue weighted by molar-refractivity contribution is 0.102. The Hall–Kier alpha value is -3.12. The first-order valence-electron chi connectivity index (χ1n) is 12.1. The highest BCUT2D eigenvalue weighted by Crippen LogP contribution is 2.32. The van der Waals surface area contributed by atoms with Gasteiger partial charge in [-0.05, 0) is 97.4 Å². The third-order valence-electron chi connectivity index (χ3n) is 6.51. The Morgan fingerprint density at radius 1 is 0.972 bits per heavy atom. The van der Waals surface area contributed by atoms with E-state index in [1.54, 1.807) is 24.0 Å². The molecule has 0 atom stereocenters. The minimum Gasteiger partial charge on any atom is -0.322 e. The average molecular weight is 514 g/mol. The van der Waals surface area contributed by atoms with Crippen LogP contribution in [0.25, 0.3) is 22.4 Å². The number of nitrogens with one attached hydrogen (secondary N) is 1. The van der Waals surface area contributed by atoms with E-state index in [9.17, 15) is 4.79 Å². The van der Waals surface area contributed by atoms with Gasteiger partial charge in [0, 0.05) is 34.5 Å². The monoisotopic (exact) mass is 513 g/mol. The summed E-state index contributed by atoms with van der Waals surface area (Å²) in [6.07, 6.45) is 6.35. The molecule has 0 saturated carbocycles. The first-order valence-corrected chi connectivity index (χ1v) is 13.7. The molecule has 1 aromatic heterocycles. The lowest BCUT2D eigenvalue weighted by Crippen LogP contribution is -2.18. The van der Waals surface area contributed by atoms with E-state index in [0.717, 1.165) is 33.8 Å². The third kappa shape index (κ3) is 5.65. The fraction of sp³-hybridized carbons (Fsp3) is 0.200. The van der Waals surface area contributed by atoms with Crippen molar-refractivity contribution in [1.29, 1.82) is 0 Å². The summed E-state index contributed by atoms with van der Waals surface area (Å²) in [7, 11) is 0.